The van der Waals surface area contributed by atoms with Gasteiger partial charge in [0.15, 0.2) is 12.0 Å². The molecular formula is C9H9N2O. The van der Waals surface area contributed by atoms with E-state index in [4.69, 9.17) is 4.52 Å². The third kappa shape index (κ3) is 0.661. The second-order valence-corrected chi connectivity index (χ2v) is 3.73. The van der Waals surface area contributed by atoms with Crippen molar-refractivity contribution >= 4 is 0 Å². The van der Waals surface area contributed by atoms with E-state index in [1.807, 2.05) is 0 Å². The molecule has 2 aliphatic rings. The normalized spacial score (nSPS) is 37.8. The lowest BCUT2D eigenvalue weighted by Gasteiger charge is -2.17. The second kappa shape index (κ2) is 1.97. The molecular weight excluding hydrogens is 152 g/mol. The first-order valence-electron chi connectivity index (χ1n) is 4.29. The predicted molar refractivity (Wildman–Crippen MR) is 41.3 cm³/mol. The first kappa shape index (κ1) is 6.40. The molecule has 2 aliphatic carbocycles. The van der Waals surface area contributed by atoms with E-state index < -0.39 is 0 Å². The van der Waals surface area contributed by atoms with Crippen molar-refractivity contribution in [3.05, 3.63) is 24.1 Å². The highest BCUT2D eigenvalue weighted by Crippen LogP contribution is 2.50. The van der Waals surface area contributed by atoms with Gasteiger partial charge in [-0.05, 0) is 25.2 Å². The average Bonchev–Trinajstić information content (AvgIpc) is 2.82. The highest BCUT2D eigenvalue weighted by atomic mass is 16.5. The zero-order chi connectivity index (χ0) is 8.02. The highest BCUT2D eigenvalue weighted by molar-refractivity contribution is 5.28. The quantitative estimate of drug-likeness (QED) is 0.585. The molecule has 1 saturated carbocycles. The van der Waals surface area contributed by atoms with E-state index in [0.29, 0.717) is 0 Å². The van der Waals surface area contributed by atoms with Crippen LogP contribution in [-0.2, 0) is 5.41 Å². The Bertz CT molecular complexity index is 317. The molecule has 3 nitrogen and oxygen atoms in total. The smallest absolute Gasteiger partial charge is 0.176 e. The van der Waals surface area contributed by atoms with Crippen LogP contribution in [-0.4, -0.2) is 10.4 Å². The van der Waals surface area contributed by atoms with E-state index in [1.165, 1.54) is 19.3 Å². The van der Waals surface area contributed by atoms with Crippen LogP contribution in [0.15, 0.2) is 16.7 Å². The van der Waals surface area contributed by atoms with Crippen LogP contribution in [0.4, 0.5) is 0 Å². The minimum absolute atomic E-state index is 0.105. The average molecular weight is 161 g/mol. The lowest BCUT2D eigenvalue weighted by Crippen LogP contribution is -2.16. The Kier molecular flexibility index (Phi) is 1.05. The molecule has 1 heterocycles. The largest absolute Gasteiger partial charge is 0.340 e. The Balaban J connectivity index is 2.07. The third-order valence-corrected chi connectivity index (χ3v) is 3.05. The summed E-state index contributed by atoms with van der Waals surface area (Å²) in [5, 5.41) is 7.07. The van der Waals surface area contributed by atoms with Crippen molar-refractivity contribution in [2.24, 2.45) is 5.92 Å². The van der Waals surface area contributed by atoms with E-state index in [9.17, 15) is 0 Å². The van der Waals surface area contributed by atoms with Crippen LogP contribution in [0.5, 0.6) is 0 Å². The molecule has 1 aromatic heterocycles. The van der Waals surface area contributed by atoms with Gasteiger partial charge in [-0.25, -0.2) is 0 Å². The van der Waals surface area contributed by atoms with Gasteiger partial charge in [0, 0.05) is 5.27 Å². The van der Waals surface area contributed by atoms with Gasteiger partial charge in [0.1, 0.15) is 0 Å². The zero-order valence-electron chi connectivity index (χ0n) is 6.66. The number of fused-ring (bicyclic) bond motifs is 2. The van der Waals surface area contributed by atoms with Crippen LogP contribution in [0.3, 0.4) is 0 Å². The summed E-state index contributed by atoms with van der Waals surface area (Å²) in [6, 6.07) is 0. The third-order valence-electron chi connectivity index (χ3n) is 3.05. The Morgan fingerprint density at radius 3 is 3.17 bits per heavy atom. The fraction of sp³-hybridized carbons (Fsp3) is 0.556. The SMILES string of the molecule is [c]1nnoc1C12C=CC(CC1)C2. The number of allylic oxidation sites excluding steroid dienone is 2. The summed E-state index contributed by atoms with van der Waals surface area (Å²) < 4.78 is 5.07. The first-order valence-corrected chi connectivity index (χ1v) is 4.29. The molecule has 0 N–H and O–H groups in total. The van der Waals surface area contributed by atoms with Gasteiger partial charge in [0.05, 0.1) is 5.41 Å². The van der Waals surface area contributed by atoms with Gasteiger partial charge in [0.25, 0.3) is 0 Å². The molecule has 0 amide bonds. The number of aromatic nitrogens is 2. The van der Waals surface area contributed by atoms with Crippen LogP contribution < -0.4 is 0 Å². The fourth-order valence-electron chi connectivity index (χ4n) is 2.38. The van der Waals surface area contributed by atoms with E-state index in [-0.39, 0.29) is 5.41 Å². The van der Waals surface area contributed by atoms with Crippen molar-refractivity contribution in [2.75, 3.05) is 0 Å². The molecule has 0 spiro atoms. The molecule has 61 valence electrons. The van der Waals surface area contributed by atoms with Crippen molar-refractivity contribution in [3.63, 3.8) is 0 Å². The Morgan fingerprint density at radius 1 is 1.67 bits per heavy atom. The molecule has 1 fully saturated rings. The van der Waals surface area contributed by atoms with Crippen LogP contribution in [0.25, 0.3) is 0 Å². The van der Waals surface area contributed by atoms with E-state index >= 15 is 0 Å². The van der Waals surface area contributed by atoms with Gasteiger partial charge in [-0.3, -0.25) is 0 Å². The van der Waals surface area contributed by atoms with Crippen LogP contribution in [0.1, 0.15) is 25.0 Å². The molecule has 2 unspecified atom stereocenters. The van der Waals surface area contributed by atoms with Crippen molar-refractivity contribution in [1.82, 2.24) is 10.4 Å². The van der Waals surface area contributed by atoms with Crippen molar-refractivity contribution in [2.45, 2.75) is 24.7 Å². The molecule has 2 bridgehead atoms. The van der Waals surface area contributed by atoms with Gasteiger partial charge in [-0.15, -0.1) is 5.10 Å². The number of hydrogen-bond acceptors (Lipinski definition) is 3. The molecule has 3 rings (SSSR count). The number of hydrogen-bond donors (Lipinski definition) is 0. The highest BCUT2D eigenvalue weighted by Gasteiger charge is 2.44. The van der Waals surface area contributed by atoms with Crippen molar-refractivity contribution in [3.8, 4) is 0 Å². The van der Waals surface area contributed by atoms with E-state index in [1.54, 1.807) is 0 Å². The molecule has 1 radical (unpaired) electrons. The van der Waals surface area contributed by atoms with Crippen LogP contribution in [0.2, 0.25) is 0 Å². The lowest BCUT2D eigenvalue weighted by molar-refractivity contribution is 0.314. The van der Waals surface area contributed by atoms with E-state index in [0.717, 1.165) is 11.7 Å². The Labute approximate surface area is 70.4 Å². The maximum atomic E-state index is 5.07. The summed E-state index contributed by atoms with van der Waals surface area (Å²) in [6.45, 7) is 0. The van der Waals surface area contributed by atoms with Gasteiger partial charge in [-0.2, -0.15) is 0 Å². The number of rotatable bonds is 1. The number of nitrogens with zero attached hydrogens (tertiary/aromatic N) is 2. The van der Waals surface area contributed by atoms with E-state index in [2.05, 4.69) is 28.7 Å². The fourth-order valence-corrected chi connectivity index (χ4v) is 2.38. The van der Waals surface area contributed by atoms with Gasteiger partial charge >= 0.3 is 0 Å². The predicted octanol–water partition coefficient (Wildman–Crippen LogP) is 1.48. The van der Waals surface area contributed by atoms with Crippen molar-refractivity contribution < 1.29 is 4.52 Å². The monoisotopic (exact) mass is 161 g/mol. The second-order valence-electron chi connectivity index (χ2n) is 3.73. The van der Waals surface area contributed by atoms with Crippen LogP contribution >= 0.6 is 0 Å². The molecule has 1 aromatic rings. The maximum Gasteiger partial charge on any atom is 0.176 e. The summed E-state index contributed by atoms with van der Waals surface area (Å²) in [5.41, 5.74) is 0.105. The summed E-state index contributed by atoms with van der Waals surface area (Å²) in [6.07, 6.45) is 10.9. The molecule has 0 aliphatic heterocycles. The molecule has 0 saturated heterocycles. The topological polar surface area (TPSA) is 38.9 Å². The van der Waals surface area contributed by atoms with Gasteiger partial charge in [0.2, 0.25) is 0 Å². The maximum absolute atomic E-state index is 5.07. The van der Waals surface area contributed by atoms with Crippen molar-refractivity contribution in [1.29, 1.82) is 0 Å². The molecule has 0 aromatic carbocycles. The summed E-state index contributed by atoms with van der Waals surface area (Å²) in [7, 11) is 0. The van der Waals surface area contributed by atoms with Gasteiger partial charge in [-0.1, -0.05) is 12.2 Å². The minimum Gasteiger partial charge on any atom is -0.340 e. The lowest BCUT2D eigenvalue weighted by atomic mass is 9.86. The summed E-state index contributed by atoms with van der Waals surface area (Å²) >= 11 is 0. The molecule has 12 heavy (non-hydrogen) atoms. The standard InChI is InChI=1S/C9H9N2O/c1-3-9(4-2-7(1)5-9)8-6-10-11-12-8/h1,3,7H,2,4-5H2. The molecule has 2 atom stereocenters. The van der Waals surface area contributed by atoms with Gasteiger partial charge < -0.3 is 4.52 Å². The Hall–Kier alpha value is -1.12. The zero-order valence-corrected chi connectivity index (χ0v) is 6.66. The minimum atomic E-state index is 0.105. The summed E-state index contributed by atoms with van der Waals surface area (Å²) in [4.78, 5) is 0. The first-order chi connectivity index (χ1) is 5.89. The Morgan fingerprint density at radius 2 is 2.67 bits per heavy atom. The summed E-state index contributed by atoms with van der Waals surface area (Å²) in [5.74, 6) is 1.57. The van der Waals surface area contributed by atoms with Crippen LogP contribution in [0, 0.1) is 12.1 Å². The molecule has 3 heteroatoms.